The third-order valence-corrected chi connectivity index (χ3v) is 4.28. The number of fused-ring (bicyclic) bond motifs is 1. The first kappa shape index (κ1) is 15.5. The minimum absolute atomic E-state index is 0.182. The van der Waals surface area contributed by atoms with Crippen LogP contribution in [0.1, 0.15) is 24.1 Å². The van der Waals surface area contributed by atoms with Crippen molar-refractivity contribution in [2.24, 2.45) is 0 Å². The predicted octanol–water partition coefficient (Wildman–Crippen LogP) is 3.49. The topological polar surface area (TPSA) is 29.5 Å². The number of benzene rings is 2. The molecule has 0 saturated heterocycles. The van der Waals surface area contributed by atoms with Crippen molar-refractivity contribution < 1.29 is 18.3 Å². The molecule has 3 nitrogen and oxygen atoms in total. The van der Waals surface area contributed by atoms with E-state index in [0.29, 0.717) is 12.0 Å². The Kier molecular flexibility index (Phi) is 4.03. The zero-order valence-electron chi connectivity index (χ0n) is 12.9. The first-order chi connectivity index (χ1) is 11.0. The zero-order valence-corrected chi connectivity index (χ0v) is 12.9. The first-order valence-corrected chi connectivity index (χ1v) is 7.43. The molecule has 0 spiro atoms. The fraction of sp³-hybridized carbons (Fsp3) is 0.278. The van der Waals surface area contributed by atoms with Gasteiger partial charge in [-0.15, -0.1) is 0 Å². The van der Waals surface area contributed by atoms with Crippen LogP contribution in [0.15, 0.2) is 42.5 Å². The molecule has 23 heavy (non-hydrogen) atoms. The Bertz CT molecular complexity index is 723. The lowest BCUT2D eigenvalue weighted by atomic mass is 10.1. The number of hydrogen-bond acceptors (Lipinski definition) is 2. The number of carbonyl (C=O) groups excluding carboxylic acids is 1. The summed E-state index contributed by atoms with van der Waals surface area (Å²) in [5.41, 5.74) is 1.54. The minimum atomic E-state index is -0.917. The number of likely N-dealkylation sites (N-methyl/N-ethyl adjacent to an activating group) is 1. The van der Waals surface area contributed by atoms with Crippen LogP contribution in [0.5, 0.6) is 5.75 Å². The molecule has 1 aliphatic rings. The highest BCUT2D eigenvalue weighted by Gasteiger charge is 2.32. The van der Waals surface area contributed by atoms with Crippen LogP contribution in [0.25, 0.3) is 0 Å². The quantitative estimate of drug-likeness (QED) is 0.867. The van der Waals surface area contributed by atoms with Gasteiger partial charge in [0.05, 0.1) is 6.04 Å². The summed E-state index contributed by atoms with van der Waals surface area (Å²) in [7, 11) is 1.64. The number of hydrogen-bond donors (Lipinski definition) is 0. The Balaban J connectivity index is 1.74. The van der Waals surface area contributed by atoms with Crippen LogP contribution in [0.2, 0.25) is 0 Å². The van der Waals surface area contributed by atoms with Crippen molar-refractivity contribution in [3.63, 3.8) is 0 Å². The van der Waals surface area contributed by atoms with E-state index in [9.17, 15) is 13.6 Å². The molecule has 5 heteroatoms. The van der Waals surface area contributed by atoms with E-state index in [0.717, 1.165) is 23.4 Å². The molecule has 1 aliphatic heterocycles. The van der Waals surface area contributed by atoms with E-state index >= 15 is 0 Å². The van der Waals surface area contributed by atoms with Gasteiger partial charge in [0.1, 0.15) is 5.75 Å². The minimum Gasteiger partial charge on any atom is -0.480 e. The number of ether oxygens (including phenoxy) is 1. The molecular formula is C18H17F2NO2. The summed E-state index contributed by atoms with van der Waals surface area (Å²) in [6.45, 7) is 1.77. The van der Waals surface area contributed by atoms with Crippen molar-refractivity contribution in [1.82, 2.24) is 4.90 Å². The molecule has 0 aliphatic carbocycles. The highest BCUT2D eigenvalue weighted by Crippen LogP contribution is 2.30. The van der Waals surface area contributed by atoms with Crippen molar-refractivity contribution in [2.75, 3.05) is 7.05 Å². The van der Waals surface area contributed by atoms with Crippen LogP contribution in [-0.2, 0) is 11.2 Å². The van der Waals surface area contributed by atoms with Crippen molar-refractivity contribution >= 4 is 5.91 Å². The standard InChI is InChI=1S/C18H17F2NO2/c1-11(12-7-8-14(19)15(20)9-12)21(2)18(22)17-10-13-5-3-4-6-16(13)23-17/h3-9,11,17H,10H2,1-2H3. The van der Waals surface area contributed by atoms with E-state index in [2.05, 4.69) is 0 Å². The average molecular weight is 317 g/mol. The summed E-state index contributed by atoms with van der Waals surface area (Å²) < 4.78 is 32.1. The van der Waals surface area contributed by atoms with E-state index in [-0.39, 0.29) is 11.9 Å². The number of carbonyl (C=O) groups is 1. The van der Waals surface area contributed by atoms with Crippen LogP contribution >= 0.6 is 0 Å². The van der Waals surface area contributed by atoms with Crippen LogP contribution in [0, 0.1) is 11.6 Å². The van der Waals surface area contributed by atoms with Gasteiger partial charge in [-0.3, -0.25) is 4.79 Å². The Morgan fingerprint density at radius 2 is 1.96 bits per heavy atom. The van der Waals surface area contributed by atoms with E-state index in [4.69, 9.17) is 4.74 Å². The van der Waals surface area contributed by atoms with Gasteiger partial charge in [-0.05, 0) is 36.2 Å². The molecule has 1 amide bonds. The average Bonchev–Trinajstić information content (AvgIpc) is 2.99. The second-order valence-corrected chi connectivity index (χ2v) is 5.72. The maximum Gasteiger partial charge on any atom is 0.264 e. The van der Waals surface area contributed by atoms with Gasteiger partial charge in [-0.25, -0.2) is 8.78 Å². The van der Waals surface area contributed by atoms with Crippen LogP contribution in [0.4, 0.5) is 8.78 Å². The molecule has 0 bridgehead atoms. The van der Waals surface area contributed by atoms with E-state index < -0.39 is 17.7 Å². The molecule has 3 rings (SSSR count). The molecule has 2 atom stereocenters. The lowest BCUT2D eigenvalue weighted by Gasteiger charge is -2.27. The van der Waals surface area contributed by atoms with Gasteiger partial charge in [0.25, 0.3) is 5.91 Å². The van der Waals surface area contributed by atoms with Gasteiger partial charge in [-0.2, -0.15) is 0 Å². The molecular weight excluding hydrogens is 300 g/mol. The Hall–Kier alpha value is -2.43. The largest absolute Gasteiger partial charge is 0.480 e. The van der Waals surface area contributed by atoms with E-state index in [1.165, 1.54) is 11.0 Å². The Morgan fingerprint density at radius 3 is 2.65 bits per heavy atom. The summed E-state index contributed by atoms with van der Waals surface area (Å²) >= 11 is 0. The first-order valence-electron chi connectivity index (χ1n) is 7.43. The van der Waals surface area contributed by atoms with Gasteiger partial charge in [-0.1, -0.05) is 24.3 Å². The fourth-order valence-electron chi connectivity index (χ4n) is 2.73. The monoisotopic (exact) mass is 317 g/mol. The number of amides is 1. The van der Waals surface area contributed by atoms with E-state index in [1.807, 2.05) is 24.3 Å². The molecule has 2 aromatic carbocycles. The molecule has 120 valence electrons. The molecule has 0 fully saturated rings. The third kappa shape index (κ3) is 2.91. The molecule has 1 heterocycles. The summed E-state index contributed by atoms with van der Waals surface area (Å²) in [6, 6.07) is 10.8. The second-order valence-electron chi connectivity index (χ2n) is 5.72. The molecule has 0 aromatic heterocycles. The predicted molar refractivity (Wildman–Crippen MR) is 82.1 cm³/mol. The molecule has 2 unspecified atom stereocenters. The van der Waals surface area contributed by atoms with Gasteiger partial charge >= 0.3 is 0 Å². The second kappa shape index (κ2) is 5.99. The molecule has 0 saturated carbocycles. The Morgan fingerprint density at radius 1 is 1.22 bits per heavy atom. The van der Waals surface area contributed by atoms with Crippen molar-refractivity contribution in [3.8, 4) is 5.75 Å². The lowest BCUT2D eigenvalue weighted by molar-refractivity contribution is -0.138. The smallest absolute Gasteiger partial charge is 0.264 e. The highest BCUT2D eigenvalue weighted by molar-refractivity contribution is 5.82. The van der Waals surface area contributed by atoms with Crippen molar-refractivity contribution in [3.05, 3.63) is 65.2 Å². The summed E-state index contributed by atoms with van der Waals surface area (Å²) in [5, 5.41) is 0. The maximum atomic E-state index is 13.4. The van der Waals surface area contributed by atoms with Gasteiger partial charge in [0.2, 0.25) is 0 Å². The van der Waals surface area contributed by atoms with Crippen LogP contribution in [-0.4, -0.2) is 24.0 Å². The van der Waals surface area contributed by atoms with Gasteiger partial charge in [0.15, 0.2) is 17.7 Å². The normalized spacial score (nSPS) is 17.3. The number of para-hydroxylation sites is 1. The number of rotatable bonds is 3. The zero-order chi connectivity index (χ0) is 16.6. The van der Waals surface area contributed by atoms with Gasteiger partial charge < -0.3 is 9.64 Å². The summed E-state index contributed by atoms with van der Waals surface area (Å²) in [6.07, 6.45) is -0.0609. The summed E-state index contributed by atoms with van der Waals surface area (Å²) in [4.78, 5) is 14.1. The lowest BCUT2D eigenvalue weighted by Crippen LogP contribution is -2.40. The SMILES string of the molecule is CC(c1ccc(F)c(F)c1)N(C)C(=O)C1Cc2ccccc2O1. The molecule has 0 N–H and O–H groups in total. The third-order valence-electron chi connectivity index (χ3n) is 4.28. The van der Waals surface area contributed by atoms with Crippen LogP contribution < -0.4 is 4.74 Å². The van der Waals surface area contributed by atoms with Gasteiger partial charge in [0, 0.05) is 13.5 Å². The Labute approximate surface area is 133 Å². The van der Waals surface area contributed by atoms with Crippen LogP contribution in [0.3, 0.4) is 0 Å². The van der Waals surface area contributed by atoms with E-state index in [1.54, 1.807) is 14.0 Å². The highest BCUT2D eigenvalue weighted by atomic mass is 19.2. The maximum absolute atomic E-state index is 13.4. The molecule has 2 aromatic rings. The molecule has 0 radical (unpaired) electrons. The number of nitrogens with zero attached hydrogens (tertiary/aromatic N) is 1. The fourth-order valence-corrected chi connectivity index (χ4v) is 2.73. The summed E-state index contributed by atoms with van der Waals surface area (Å²) in [5.74, 6) is -1.28. The van der Waals surface area contributed by atoms with Crippen molar-refractivity contribution in [2.45, 2.75) is 25.5 Å². The number of halogens is 2. The van der Waals surface area contributed by atoms with Crippen molar-refractivity contribution in [1.29, 1.82) is 0 Å².